The van der Waals surface area contributed by atoms with Crippen LogP contribution < -0.4 is 5.32 Å². The molecule has 1 aromatic carbocycles. The summed E-state index contributed by atoms with van der Waals surface area (Å²) >= 11 is 12.0. The molecule has 4 nitrogen and oxygen atoms in total. The van der Waals surface area contributed by atoms with E-state index < -0.39 is 6.04 Å². The highest BCUT2D eigenvalue weighted by molar-refractivity contribution is 6.42. The third-order valence-electron chi connectivity index (χ3n) is 3.57. The van der Waals surface area contributed by atoms with Crippen molar-refractivity contribution >= 4 is 35.0 Å². The molecule has 0 saturated carbocycles. The lowest BCUT2D eigenvalue weighted by Gasteiger charge is -2.30. The molecule has 1 N–H and O–H groups in total. The number of benzene rings is 1. The van der Waals surface area contributed by atoms with Crippen LogP contribution in [0, 0.1) is 0 Å². The Hall–Kier alpha value is -1.26. The van der Waals surface area contributed by atoms with Crippen LogP contribution in [0.5, 0.6) is 0 Å². The van der Waals surface area contributed by atoms with Crippen molar-refractivity contribution in [1.82, 2.24) is 10.2 Å². The lowest BCUT2D eigenvalue weighted by atomic mass is 10.1. The molecule has 2 amide bonds. The van der Waals surface area contributed by atoms with Crippen molar-refractivity contribution < 1.29 is 9.59 Å². The summed E-state index contributed by atoms with van der Waals surface area (Å²) in [4.78, 5) is 26.3. The summed E-state index contributed by atoms with van der Waals surface area (Å²) < 4.78 is 0. The molecule has 0 aliphatic rings. The second-order valence-corrected chi connectivity index (χ2v) is 6.15. The standard InChI is InChI=1S/C17H24Cl2N2O2/c1-4-9-20-17(23)15(5-2)21(16(22)6-3)11-12-7-8-13(18)14(19)10-12/h7-8,10,15H,4-6,9,11H2,1-3H3,(H,20,23)/t15-/m0/s1. The van der Waals surface area contributed by atoms with Gasteiger partial charge in [-0.05, 0) is 30.5 Å². The highest BCUT2D eigenvalue weighted by atomic mass is 35.5. The van der Waals surface area contributed by atoms with Crippen LogP contribution in [0.15, 0.2) is 18.2 Å². The van der Waals surface area contributed by atoms with E-state index in [1.165, 1.54) is 0 Å². The Morgan fingerprint density at radius 2 is 1.87 bits per heavy atom. The molecule has 0 aliphatic heterocycles. The second-order valence-electron chi connectivity index (χ2n) is 5.34. The highest BCUT2D eigenvalue weighted by Crippen LogP contribution is 2.24. The summed E-state index contributed by atoms with van der Waals surface area (Å²) in [6.45, 7) is 6.63. The van der Waals surface area contributed by atoms with Gasteiger partial charge in [0.05, 0.1) is 10.0 Å². The zero-order valence-corrected chi connectivity index (χ0v) is 15.4. The number of hydrogen-bond donors (Lipinski definition) is 1. The first-order valence-electron chi connectivity index (χ1n) is 7.95. The summed E-state index contributed by atoms with van der Waals surface area (Å²) in [6, 6.07) is 4.77. The summed E-state index contributed by atoms with van der Waals surface area (Å²) in [5.41, 5.74) is 0.850. The number of rotatable bonds is 8. The van der Waals surface area contributed by atoms with Crippen molar-refractivity contribution in [2.45, 2.75) is 52.6 Å². The predicted molar refractivity (Wildman–Crippen MR) is 94.7 cm³/mol. The number of carbonyl (C=O) groups is 2. The Morgan fingerprint density at radius 1 is 1.17 bits per heavy atom. The largest absolute Gasteiger partial charge is 0.354 e. The van der Waals surface area contributed by atoms with E-state index in [0.29, 0.717) is 36.0 Å². The summed E-state index contributed by atoms with van der Waals surface area (Å²) in [5, 5.41) is 3.78. The minimum absolute atomic E-state index is 0.0606. The van der Waals surface area contributed by atoms with Crippen molar-refractivity contribution in [2.75, 3.05) is 6.54 Å². The number of nitrogens with zero attached hydrogens (tertiary/aromatic N) is 1. The lowest BCUT2D eigenvalue weighted by molar-refractivity contribution is -0.141. The monoisotopic (exact) mass is 358 g/mol. The van der Waals surface area contributed by atoms with Crippen LogP contribution in [-0.2, 0) is 16.1 Å². The van der Waals surface area contributed by atoms with Gasteiger partial charge in [-0.15, -0.1) is 0 Å². The maximum atomic E-state index is 12.4. The van der Waals surface area contributed by atoms with Crippen molar-refractivity contribution in [3.05, 3.63) is 33.8 Å². The van der Waals surface area contributed by atoms with Gasteiger partial charge in [-0.25, -0.2) is 0 Å². The molecule has 6 heteroatoms. The van der Waals surface area contributed by atoms with Crippen LogP contribution in [0.1, 0.15) is 45.6 Å². The zero-order valence-electron chi connectivity index (χ0n) is 13.9. The van der Waals surface area contributed by atoms with Crippen LogP contribution >= 0.6 is 23.2 Å². The fourth-order valence-electron chi connectivity index (χ4n) is 2.32. The molecular weight excluding hydrogens is 335 g/mol. The van der Waals surface area contributed by atoms with Gasteiger partial charge in [0, 0.05) is 19.5 Å². The molecule has 0 unspecified atom stereocenters. The minimum atomic E-state index is -0.483. The van der Waals surface area contributed by atoms with Crippen molar-refractivity contribution in [2.24, 2.45) is 0 Å². The van der Waals surface area contributed by atoms with E-state index in [4.69, 9.17) is 23.2 Å². The Bertz CT molecular complexity index is 549. The average Bonchev–Trinajstić information content (AvgIpc) is 2.55. The van der Waals surface area contributed by atoms with Crippen molar-refractivity contribution in [3.63, 3.8) is 0 Å². The van der Waals surface area contributed by atoms with E-state index in [2.05, 4.69) is 5.32 Å². The first-order valence-corrected chi connectivity index (χ1v) is 8.71. The molecule has 0 aliphatic carbocycles. The Balaban J connectivity index is 2.99. The summed E-state index contributed by atoms with van der Waals surface area (Å²) in [5.74, 6) is -0.175. The highest BCUT2D eigenvalue weighted by Gasteiger charge is 2.27. The van der Waals surface area contributed by atoms with Gasteiger partial charge in [-0.1, -0.05) is 50.0 Å². The number of hydrogen-bond acceptors (Lipinski definition) is 2. The van der Waals surface area contributed by atoms with Crippen molar-refractivity contribution in [3.8, 4) is 0 Å². The van der Waals surface area contributed by atoms with E-state index in [-0.39, 0.29) is 11.8 Å². The molecule has 0 saturated heterocycles. The van der Waals surface area contributed by atoms with Crippen LogP contribution in [0.4, 0.5) is 0 Å². The lowest BCUT2D eigenvalue weighted by Crippen LogP contribution is -2.49. The predicted octanol–water partition coefficient (Wildman–Crippen LogP) is 4.04. The van der Waals surface area contributed by atoms with E-state index in [1.54, 1.807) is 24.0 Å². The smallest absolute Gasteiger partial charge is 0.242 e. The van der Waals surface area contributed by atoms with Gasteiger partial charge in [0.15, 0.2) is 0 Å². The van der Waals surface area contributed by atoms with Gasteiger partial charge >= 0.3 is 0 Å². The maximum absolute atomic E-state index is 12.4. The molecule has 0 bridgehead atoms. The van der Waals surface area contributed by atoms with Gasteiger partial charge in [0.25, 0.3) is 0 Å². The number of carbonyl (C=O) groups excluding carboxylic acids is 2. The molecule has 0 radical (unpaired) electrons. The SMILES string of the molecule is CCCNC(=O)[C@H](CC)N(Cc1ccc(Cl)c(Cl)c1)C(=O)CC. The molecule has 0 spiro atoms. The van der Waals surface area contributed by atoms with Gasteiger partial charge in [0.1, 0.15) is 6.04 Å². The van der Waals surface area contributed by atoms with Crippen LogP contribution in [0.2, 0.25) is 10.0 Å². The molecule has 0 fully saturated rings. The molecule has 1 rings (SSSR count). The Morgan fingerprint density at radius 3 is 2.39 bits per heavy atom. The third-order valence-corrected chi connectivity index (χ3v) is 4.31. The second kappa shape index (κ2) is 9.78. The molecule has 0 aromatic heterocycles. The normalized spacial score (nSPS) is 11.9. The fraction of sp³-hybridized carbons (Fsp3) is 0.529. The van der Waals surface area contributed by atoms with E-state index >= 15 is 0 Å². The van der Waals surface area contributed by atoms with Crippen LogP contribution in [0.3, 0.4) is 0 Å². The molecule has 23 heavy (non-hydrogen) atoms. The minimum Gasteiger partial charge on any atom is -0.354 e. The average molecular weight is 359 g/mol. The summed E-state index contributed by atoms with van der Waals surface area (Å²) in [7, 11) is 0. The quantitative estimate of drug-likeness (QED) is 0.762. The third kappa shape index (κ3) is 5.70. The summed E-state index contributed by atoms with van der Waals surface area (Å²) in [6.07, 6.45) is 1.76. The van der Waals surface area contributed by atoms with Gasteiger partial charge in [-0.2, -0.15) is 0 Å². The molecule has 128 valence electrons. The Kier molecular flexibility index (Phi) is 8.42. The Labute approximate surface area is 148 Å². The van der Waals surface area contributed by atoms with Crippen molar-refractivity contribution in [1.29, 1.82) is 0 Å². The van der Waals surface area contributed by atoms with E-state index in [1.807, 2.05) is 19.9 Å². The molecule has 1 aromatic rings. The molecule has 1 atom stereocenters. The molecular formula is C17H24Cl2N2O2. The van der Waals surface area contributed by atoms with Crippen LogP contribution in [-0.4, -0.2) is 29.3 Å². The van der Waals surface area contributed by atoms with Gasteiger partial charge in [-0.3, -0.25) is 9.59 Å². The van der Waals surface area contributed by atoms with E-state index in [0.717, 1.165) is 12.0 Å². The first-order chi connectivity index (χ1) is 10.9. The number of halogens is 2. The van der Waals surface area contributed by atoms with Gasteiger partial charge in [0.2, 0.25) is 11.8 Å². The van der Waals surface area contributed by atoms with Crippen LogP contribution in [0.25, 0.3) is 0 Å². The maximum Gasteiger partial charge on any atom is 0.242 e. The first kappa shape index (κ1) is 19.8. The topological polar surface area (TPSA) is 49.4 Å². The fourth-order valence-corrected chi connectivity index (χ4v) is 2.64. The molecule has 0 heterocycles. The zero-order chi connectivity index (χ0) is 17.4. The van der Waals surface area contributed by atoms with Gasteiger partial charge < -0.3 is 10.2 Å². The number of amides is 2. The van der Waals surface area contributed by atoms with E-state index in [9.17, 15) is 9.59 Å². The number of nitrogens with one attached hydrogen (secondary N) is 1.